The fourth-order valence-electron chi connectivity index (χ4n) is 1.63. The molecule has 0 aliphatic carbocycles. The van der Waals surface area contributed by atoms with Crippen LogP contribution in [0.4, 0.5) is 0 Å². The monoisotopic (exact) mass is 296 g/mol. The molecule has 0 aromatic carbocycles. The zero-order valence-electron chi connectivity index (χ0n) is 14.0. The largest absolute Gasteiger partial charge is 0.488 e. The van der Waals surface area contributed by atoms with E-state index in [4.69, 9.17) is 9.47 Å². The Kier molecular flexibility index (Phi) is 10.0. The highest BCUT2D eigenvalue weighted by Gasteiger charge is 2.11. The van der Waals surface area contributed by atoms with Crippen LogP contribution in [0.25, 0.3) is 0 Å². The van der Waals surface area contributed by atoms with Crippen LogP contribution >= 0.6 is 0 Å². The number of nitrogens with one attached hydrogen (secondary N) is 1. The van der Waals surface area contributed by atoms with E-state index < -0.39 is 0 Å². The number of nitrogens with zero attached hydrogens (tertiary/aromatic N) is 1. The molecule has 0 spiro atoms. The number of pyridine rings is 1. The van der Waals surface area contributed by atoms with Gasteiger partial charge in [-0.25, -0.2) is 4.98 Å². The van der Waals surface area contributed by atoms with Gasteiger partial charge in [-0.2, -0.15) is 0 Å². The van der Waals surface area contributed by atoms with Crippen LogP contribution in [0.2, 0.25) is 0 Å². The minimum Gasteiger partial charge on any atom is -0.488 e. The summed E-state index contributed by atoms with van der Waals surface area (Å²) in [6.07, 6.45) is 3.54. The molecule has 5 nitrogen and oxygen atoms in total. The number of aromatic nitrogens is 1. The molecular weight excluding hydrogens is 268 g/mol. The number of carbonyl (C=O) groups excluding carboxylic acids is 1. The molecule has 0 radical (unpaired) electrons. The quantitative estimate of drug-likeness (QED) is 0.784. The minimum atomic E-state index is -0.192. The first kappa shape index (κ1) is 19.2. The van der Waals surface area contributed by atoms with E-state index in [1.807, 2.05) is 13.8 Å². The normalized spacial score (nSPS) is 9.67. The average Bonchev–Trinajstić information content (AvgIpc) is 2.52. The second-order valence-corrected chi connectivity index (χ2v) is 4.70. The topological polar surface area (TPSA) is 60.5 Å². The first-order valence-corrected chi connectivity index (χ1v) is 7.47. The number of rotatable bonds is 7. The molecule has 0 unspecified atom stereocenters. The van der Waals surface area contributed by atoms with Crippen LogP contribution in [0.15, 0.2) is 12.3 Å². The lowest BCUT2D eigenvalue weighted by atomic mass is 10.1. The van der Waals surface area contributed by atoms with Crippen molar-refractivity contribution < 1.29 is 14.3 Å². The Labute approximate surface area is 128 Å². The van der Waals surface area contributed by atoms with Crippen molar-refractivity contribution in [3.63, 3.8) is 0 Å². The molecule has 0 bridgehead atoms. The molecule has 1 rings (SSSR count). The van der Waals surface area contributed by atoms with Gasteiger partial charge in [0.25, 0.3) is 11.8 Å². The Morgan fingerprint density at radius 3 is 2.57 bits per heavy atom. The third kappa shape index (κ3) is 6.97. The van der Waals surface area contributed by atoms with Crippen LogP contribution < -0.4 is 14.8 Å². The molecule has 1 aromatic rings. The number of methoxy groups -OCH3 is 1. The highest BCUT2D eigenvalue weighted by atomic mass is 16.5. The van der Waals surface area contributed by atoms with E-state index in [0.29, 0.717) is 29.7 Å². The molecule has 0 aliphatic rings. The summed E-state index contributed by atoms with van der Waals surface area (Å²) in [5.74, 6) is 1.37. The molecule has 0 aliphatic heterocycles. The standard InChI is InChI=1S/C14H22N2O3.C2H6/c1-10(2)6-5-7-19-12-8-11(13(17)15-3)9-16-14(12)18-4;1-2/h8-10H,5-7H2,1-4H3,(H,15,17);1-2H3. The predicted octanol–water partition coefficient (Wildman–Crippen LogP) is 3.29. The highest BCUT2D eigenvalue weighted by molar-refractivity contribution is 5.94. The van der Waals surface area contributed by atoms with Gasteiger partial charge in [0.2, 0.25) is 0 Å². The molecule has 0 saturated carbocycles. The second-order valence-electron chi connectivity index (χ2n) is 4.70. The van der Waals surface area contributed by atoms with Crippen molar-refractivity contribution in [2.75, 3.05) is 20.8 Å². The summed E-state index contributed by atoms with van der Waals surface area (Å²) in [4.78, 5) is 15.6. The summed E-state index contributed by atoms with van der Waals surface area (Å²) in [5, 5.41) is 2.55. The first-order valence-electron chi connectivity index (χ1n) is 7.47. The van der Waals surface area contributed by atoms with Gasteiger partial charge in [-0.05, 0) is 18.8 Å². The Morgan fingerprint density at radius 2 is 2.05 bits per heavy atom. The summed E-state index contributed by atoms with van der Waals surface area (Å²) in [6, 6.07) is 1.65. The molecule has 1 heterocycles. The second kappa shape index (κ2) is 10.9. The van der Waals surface area contributed by atoms with Crippen molar-refractivity contribution >= 4 is 5.91 Å². The lowest BCUT2D eigenvalue weighted by molar-refractivity contribution is 0.0962. The number of hydrogen-bond donors (Lipinski definition) is 1. The summed E-state index contributed by atoms with van der Waals surface area (Å²) in [6.45, 7) is 8.94. The van der Waals surface area contributed by atoms with Crippen molar-refractivity contribution in [3.8, 4) is 11.6 Å². The zero-order chi connectivity index (χ0) is 16.3. The van der Waals surface area contributed by atoms with Crippen LogP contribution in [0.3, 0.4) is 0 Å². The van der Waals surface area contributed by atoms with Gasteiger partial charge in [-0.15, -0.1) is 0 Å². The Morgan fingerprint density at radius 1 is 1.38 bits per heavy atom. The molecule has 1 amide bonds. The third-order valence-corrected chi connectivity index (χ3v) is 2.68. The summed E-state index contributed by atoms with van der Waals surface area (Å²) in [5.41, 5.74) is 0.460. The average molecular weight is 296 g/mol. The van der Waals surface area contributed by atoms with Crippen molar-refractivity contribution in [1.82, 2.24) is 10.3 Å². The lowest BCUT2D eigenvalue weighted by Gasteiger charge is -2.11. The van der Waals surface area contributed by atoms with Gasteiger partial charge in [-0.3, -0.25) is 4.79 Å². The highest BCUT2D eigenvalue weighted by Crippen LogP contribution is 2.25. The van der Waals surface area contributed by atoms with Gasteiger partial charge in [-0.1, -0.05) is 27.7 Å². The van der Waals surface area contributed by atoms with Crippen LogP contribution in [-0.2, 0) is 0 Å². The molecule has 21 heavy (non-hydrogen) atoms. The van der Waals surface area contributed by atoms with E-state index >= 15 is 0 Å². The third-order valence-electron chi connectivity index (χ3n) is 2.68. The van der Waals surface area contributed by atoms with Gasteiger partial charge in [0.1, 0.15) is 0 Å². The van der Waals surface area contributed by atoms with Crippen LogP contribution in [0.1, 0.15) is 50.9 Å². The first-order chi connectivity index (χ1) is 10.1. The van der Waals surface area contributed by atoms with Gasteiger partial charge in [0.15, 0.2) is 5.75 Å². The van der Waals surface area contributed by atoms with E-state index in [1.165, 1.54) is 13.3 Å². The fraction of sp³-hybridized carbons (Fsp3) is 0.625. The SMILES string of the molecule is CC.CNC(=O)c1cnc(OC)c(OCCCC(C)C)c1. The number of ether oxygens (including phenoxy) is 2. The fourth-order valence-corrected chi connectivity index (χ4v) is 1.63. The van der Waals surface area contributed by atoms with Crippen molar-refractivity contribution in [3.05, 3.63) is 17.8 Å². The molecule has 1 N–H and O–H groups in total. The summed E-state index contributed by atoms with van der Waals surface area (Å²) >= 11 is 0. The zero-order valence-corrected chi connectivity index (χ0v) is 14.0. The smallest absolute Gasteiger partial charge is 0.256 e. The number of carbonyl (C=O) groups is 1. The molecule has 0 atom stereocenters. The van der Waals surface area contributed by atoms with Crippen molar-refractivity contribution in [2.45, 2.75) is 40.5 Å². The van der Waals surface area contributed by atoms with Crippen molar-refractivity contribution in [2.24, 2.45) is 5.92 Å². The van der Waals surface area contributed by atoms with E-state index in [2.05, 4.69) is 24.1 Å². The summed E-state index contributed by atoms with van der Waals surface area (Å²) < 4.78 is 10.8. The molecule has 1 aromatic heterocycles. The maximum atomic E-state index is 11.5. The molecule has 5 heteroatoms. The Hall–Kier alpha value is -1.78. The van der Waals surface area contributed by atoms with Crippen molar-refractivity contribution in [1.29, 1.82) is 0 Å². The number of amides is 1. The molecule has 0 fully saturated rings. The van der Waals surface area contributed by atoms with E-state index in [1.54, 1.807) is 13.1 Å². The maximum absolute atomic E-state index is 11.5. The summed E-state index contributed by atoms with van der Waals surface area (Å²) in [7, 11) is 3.11. The minimum absolute atomic E-state index is 0.192. The van der Waals surface area contributed by atoms with Gasteiger partial charge in [0, 0.05) is 19.3 Å². The van der Waals surface area contributed by atoms with Crippen LogP contribution in [-0.4, -0.2) is 31.7 Å². The van der Waals surface area contributed by atoms with Gasteiger partial charge in [0.05, 0.1) is 19.3 Å². The predicted molar refractivity (Wildman–Crippen MR) is 85.1 cm³/mol. The Bertz CT molecular complexity index is 420. The van der Waals surface area contributed by atoms with E-state index in [-0.39, 0.29) is 5.91 Å². The van der Waals surface area contributed by atoms with E-state index in [9.17, 15) is 4.79 Å². The van der Waals surface area contributed by atoms with Gasteiger partial charge < -0.3 is 14.8 Å². The molecular formula is C16H28N2O3. The molecule has 120 valence electrons. The maximum Gasteiger partial charge on any atom is 0.256 e. The van der Waals surface area contributed by atoms with Crippen LogP contribution in [0, 0.1) is 5.92 Å². The number of hydrogen-bond acceptors (Lipinski definition) is 4. The Balaban J connectivity index is 0.00000191. The van der Waals surface area contributed by atoms with Gasteiger partial charge >= 0.3 is 0 Å². The molecule has 0 saturated heterocycles. The van der Waals surface area contributed by atoms with Crippen LogP contribution in [0.5, 0.6) is 11.6 Å². The van der Waals surface area contributed by atoms with E-state index in [0.717, 1.165) is 12.8 Å². The lowest BCUT2D eigenvalue weighted by Crippen LogP contribution is -2.18.